The summed E-state index contributed by atoms with van der Waals surface area (Å²) in [6, 6.07) is 12.4. The summed E-state index contributed by atoms with van der Waals surface area (Å²) in [4.78, 5) is 4.17. The summed E-state index contributed by atoms with van der Waals surface area (Å²) in [6.45, 7) is 1.04. The maximum Gasteiger partial charge on any atom is 0.191 e. The molecule has 0 aliphatic heterocycles. The van der Waals surface area contributed by atoms with E-state index in [1.54, 1.807) is 20.2 Å². The van der Waals surface area contributed by atoms with Crippen molar-refractivity contribution in [1.82, 2.24) is 10.6 Å². The molecule has 0 bridgehead atoms. The average molecular weight is 508 g/mol. The zero-order valence-electron chi connectivity index (χ0n) is 13.5. The minimum atomic E-state index is -0.262. The maximum atomic E-state index is 13.3. The summed E-state index contributed by atoms with van der Waals surface area (Å²) in [6.07, 6.45) is 0. The predicted octanol–water partition coefficient (Wildman–Crippen LogP) is 4.08. The summed E-state index contributed by atoms with van der Waals surface area (Å²) >= 11 is 3.41. The van der Waals surface area contributed by atoms with Crippen molar-refractivity contribution in [1.29, 1.82) is 0 Å². The number of hydrogen-bond donors (Lipinski definition) is 2. The van der Waals surface area contributed by atoms with Gasteiger partial charge in [-0.3, -0.25) is 4.99 Å². The number of nitrogens with zero attached hydrogens (tertiary/aromatic N) is 1. The first kappa shape index (κ1) is 20.7. The number of aliphatic imine (C=N–C) groups is 1. The second kappa shape index (κ2) is 10.5. The normalized spacial score (nSPS) is 10.8. The molecule has 0 amide bonds. The quantitative estimate of drug-likeness (QED) is 0.364. The van der Waals surface area contributed by atoms with E-state index in [1.807, 2.05) is 24.3 Å². The number of rotatable bonds is 5. The molecule has 4 nitrogen and oxygen atoms in total. The fourth-order valence-corrected chi connectivity index (χ4v) is 2.49. The van der Waals surface area contributed by atoms with Crippen molar-refractivity contribution in [2.24, 2.45) is 4.99 Å². The van der Waals surface area contributed by atoms with E-state index in [9.17, 15) is 4.39 Å². The summed E-state index contributed by atoms with van der Waals surface area (Å²) in [7, 11) is 3.34. The first-order valence-corrected chi connectivity index (χ1v) is 7.93. The molecule has 0 aromatic heterocycles. The van der Waals surface area contributed by atoms with E-state index in [2.05, 4.69) is 31.6 Å². The molecule has 7 heteroatoms. The fourth-order valence-electron chi connectivity index (χ4n) is 2.11. The second-order valence-electron chi connectivity index (χ2n) is 4.83. The summed E-state index contributed by atoms with van der Waals surface area (Å²) in [5.41, 5.74) is 1.86. The number of benzene rings is 2. The molecule has 0 heterocycles. The van der Waals surface area contributed by atoms with Crippen LogP contribution >= 0.6 is 39.9 Å². The van der Waals surface area contributed by atoms with Gasteiger partial charge in [0.1, 0.15) is 11.6 Å². The SMILES string of the molecule is CN=C(NCc1cc(F)ccc1Br)NCc1ccccc1OC.I. The minimum absolute atomic E-state index is 0. The molecule has 2 aromatic carbocycles. The molecular formula is C17H20BrFIN3O. The molecule has 2 N–H and O–H groups in total. The van der Waals surface area contributed by atoms with E-state index >= 15 is 0 Å². The van der Waals surface area contributed by atoms with Gasteiger partial charge in [-0.1, -0.05) is 34.1 Å². The Morgan fingerprint density at radius 2 is 1.79 bits per heavy atom. The van der Waals surface area contributed by atoms with Crippen LogP contribution in [0.15, 0.2) is 51.9 Å². The van der Waals surface area contributed by atoms with E-state index < -0.39 is 0 Å². The number of hydrogen-bond acceptors (Lipinski definition) is 2. The van der Waals surface area contributed by atoms with Crippen LogP contribution in [0.4, 0.5) is 4.39 Å². The third-order valence-electron chi connectivity index (χ3n) is 3.32. The van der Waals surface area contributed by atoms with Crippen LogP contribution < -0.4 is 15.4 Å². The molecule has 2 rings (SSSR count). The van der Waals surface area contributed by atoms with Crippen molar-refractivity contribution in [2.75, 3.05) is 14.2 Å². The highest BCUT2D eigenvalue weighted by molar-refractivity contribution is 14.0. The highest BCUT2D eigenvalue weighted by Gasteiger charge is 2.05. The van der Waals surface area contributed by atoms with Gasteiger partial charge >= 0.3 is 0 Å². The van der Waals surface area contributed by atoms with Gasteiger partial charge in [0, 0.05) is 30.2 Å². The molecular weight excluding hydrogens is 488 g/mol. The zero-order chi connectivity index (χ0) is 16.7. The van der Waals surface area contributed by atoms with Gasteiger partial charge < -0.3 is 15.4 Å². The molecule has 0 saturated heterocycles. The third kappa shape index (κ3) is 5.94. The average Bonchev–Trinajstić information content (AvgIpc) is 2.58. The first-order valence-electron chi connectivity index (χ1n) is 7.14. The minimum Gasteiger partial charge on any atom is -0.496 e. The molecule has 24 heavy (non-hydrogen) atoms. The number of guanidine groups is 1. The maximum absolute atomic E-state index is 13.3. The lowest BCUT2D eigenvalue weighted by molar-refractivity contribution is 0.409. The van der Waals surface area contributed by atoms with Gasteiger partial charge in [0.2, 0.25) is 0 Å². The topological polar surface area (TPSA) is 45.7 Å². The Kier molecular flexibility index (Phi) is 9.05. The summed E-state index contributed by atoms with van der Waals surface area (Å²) in [5, 5.41) is 6.38. The molecule has 0 radical (unpaired) electrons. The van der Waals surface area contributed by atoms with E-state index in [4.69, 9.17) is 4.74 Å². The molecule has 0 atom stereocenters. The fraction of sp³-hybridized carbons (Fsp3) is 0.235. The molecule has 2 aromatic rings. The zero-order valence-corrected chi connectivity index (χ0v) is 17.4. The summed E-state index contributed by atoms with van der Waals surface area (Å²) in [5.74, 6) is 1.19. The van der Waals surface area contributed by atoms with Crippen molar-refractivity contribution < 1.29 is 9.13 Å². The van der Waals surface area contributed by atoms with E-state index in [-0.39, 0.29) is 29.8 Å². The van der Waals surface area contributed by atoms with E-state index in [0.717, 1.165) is 21.3 Å². The Hall–Kier alpha value is -1.35. The van der Waals surface area contributed by atoms with Gasteiger partial charge in [-0.15, -0.1) is 24.0 Å². The van der Waals surface area contributed by atoms with Crippen LogP contribution in [0.3, 0.4) is 0 Å². The van der Waals surface area contributed by atoms with Gasteiger partial charge in [0.25, 0.3) is 0 Å². The monoisotopic (exact) mass is 507 g/mol. The third-order valence-corrected chi connectivity index (χ3v) is 4.09. The van der Waals surface area contributed by atoms with Crippen LogP contribution in [-0.2, 0) is 13.1 Å². The van der Waals surface area contributed by atoms with Crippen molar-refractivity contribution in [3.05, 3.63) is 63.9 Å². The molecule has 0 aliphatic rings. The van der Waals surface area contributed by atoms with Crippen LogP contribution in [0.25, 0.3) is 0 Å². The second-order valence-corrected chi connectivity index (χ2v) is 5.68. The van der Waals surface area contributed by atoms with Crippen molar-refractivity contribution in [3.63, 3.8) is 0 Å². The Labute approximate surface area is 167 Å². The van der Waals surface area contributed by atoms with Crippen LogP contribution in [0.1, 0.15) is 11.1 Å². The summed E-state index contributed by atoms with van der Waals surface area (Å²) < 4.78 is 19.5. The molecule has 130 valence electrons. The van der Waals surface area contributed by atoms with Gasteiger partial charge in [-0.25, -0.2) is 4.39 Å². The molecule has 0 saturated carbocycles. The molecule has 0 spiro atoms. The van der Waals surface area contributed by atoms with Crippen LogP contribution in [0.2, 0.25) is 0 Å². The number of halogens is 3. The van der Waals surface area contributed by atoms with Crippen LogP contribution in [-0.4, -0.2) is 20.1 Å². The van der Waals surface area contributed by atoms with Gasteiger partial charge in [-0.2, -0.15) is 0 Å². The number of para-hydroxylation sites is 1. The van der Waals surface area contributed by atoms with E-state index in [0.29, 0.717) is 19.0 Å². The highest BCUT2D eigenvalue weighted by Crippen LogP contribution is 2.18. The molecule has 0 fully saturated rings. The van der Waals surface area contributed by atoms with Crippen LogP contribution in [0.5, 0.6) is 5.75 Å². The van der Waals surface area contributed by atoms with Crippen molar-refractivity contribution in [3.8, 4) is 5.75 Å². The number of nitrogens with one attached hydrogen (secondary N) is 2. The molecule has 0 aliphatic carbocycles. The van der Waals surface area contributed by atoms with Crippen molar-refractivity contribution >= 4 is 45.9 Å². The lowest BCUT2D eigenvalue weighted by atomic mass is 10.2. The first-order chi connectivity index (χ1) is 11.1. The van der Waals surface area contributed by atoms with Crippen LogP contribution in [0, 0.1) is 5.82 Å². The lowest BCUT2D eigenvalue weighted by Crippen LogP contribution is -2.36. The number of methoxy groups -OCH3 is 1. The Morgan fingerprint density at radius 3 is 2.46 bits per heavy atom. The lowest BCUT2D eigenvalue weighted by Gasteiger charge is -2.14. The highest BCUT2D eigenvalue weighted by atomic mass is 127. The van der Waals surface area contributed by atoms with E-state index in [1.165, 1.54) is 12.1 Å². The Bertz CT molecular complexity index is 697. The largest absolute Gasteiger partial charge is 0.496 e. The Balaban J connectivity index is 0.00000288. The number of ether oxygens (including phenoxy) is 1. The Morgan fingerprint density at radius 1 is 1.12 bits per heavy atom. The smallest absolute Gasteiger partial charge is 0.191 e. The van der Waals surface area contributed by atoms with Gasteiger partial charge in [0.05, 0.1) is 7.11 Å². The standard InChI is InChI=1S/C17H19BrFN3O.HI/c1-20-17(21-10-12-5-3-4-6-16(12)23-2)22-11-13-9-14(19)7-8-15(13)18;/h3-9H,10-11H2,1-2H3,(H2,20,21,22);1H. The van der Waals surface area contributed by atoms with Gasteiger partial charge in [0.15, 0.2) is 5.96 Å². The van der Waals surface area contributed by atoms with Gasteiger partial charge in [-0.05, 0) is 29.8 Å². The predicted molar refractivity (Wildman–Crippen MR) is 110 cm³/mol. The van der Waals surface area contributed by atoms with Crippen molar-refractivity contribution in [2.45, 2.75) is 13.1 Å². The molecule has 0 unspecified atom stereocenters.